The quantitative estimate of drug-likeness (QED) is 0.633. The fraction of sp³-hybridized carbons (Fsp3) is 0.381. The number of Topliss-reactive ketones (excluding diaryl/α,β-unsaturated/α-hetero) is 1. The predicted molar refractivity (Wildman–Crippen MR) is 103 cm³/mol. The highest BCUT2D eigenvalue weighted by molar-refractivity contribution is 6.03. The van der Waals surface area contributed by atoms with E-state index < -0.39 is 0 Å². The van der Waals surface area contributed by atoms with Crippen LogP contribution in [-0.2, 0) is 6.42 Å². The number of phenolic OH excluding ortho intramolecular Hbond substituents is 1. The highest BCUT2D eigenvalue weighted by Gasteiger charge is 2.25. The van der Waals surface area contributed by atoms with Gasteiger partial charge in [-0.15, -0.1) is 0 Å². The molecule has 0 saturated heterocycles. The number of carbonyl (C=O) groups is 1. The monoisotopic (exact) mass is 374 g/mol. The molecule has 0 aliphatic rings. The summed E-state index contributed by atoms with van der Waals surface area (Å²) in [6, 6.07) is 8.86. The zero-order chi connectivity index (χ0) is 19.8. The Kier molecular flexibility index (Phi) is 7.34. The van der Waals surface area contributed by atoms with Crippen molar-refractivity contribution in [1.29, 1.82) is 0 Å². The zero-order valence-electron chi connectivity index (χ0n) is 16.2. The number of rotatable bonds is 10. The molecule has 1 N–H and O–H groups in total. The molecule has 0 radical (unpaired) electrons. The molecule has 2 aromatic carbocycles. The van der Waals surface area contributed by atoms with Crippen LogP contribution in [0.5, 0.6) is 28.7 Å². The van der Waals surface area contributed by atoms with Crippen molar-refractivity contribution < 1.29 is 28.8 Å². The molecule has 0 amide bonds. The summed E-state index contributed by atoms with van der Waals surface area (Å²) in [7, 11) is 1.42. The summed E-state index contributed by atoms with van der Waals surface area (Å²) in [6.45, 7) is 6.86. The number of phenols is 1. The van der Waals surface area contributed by atoms with Crippen molar-refractivity contribution in [2.24, 2.45) is 0 Å². The van der Waals surface area contributed by atoms with E-state index >= 15 is 0 Å². The number of hydrogen-bond donors (Lipinski definition) is 1. The van der Waals surface area contributed by atoms with Crippen LogP contribution in [0.15, 0.2) is 30.3 Å². The van der Waals surface area contributed by atoms with Crippen LogP contribution in [0.4, 0.5) is 0 Å². The average molecular weight is 374 g/mol. The third kappa shape index (κ3) is 4.84. The molecule has 6 heteroatoms. The van der Waals surface area contributed by atoms with Gasteiger partial charge in [-0.1, -0.05) is 12.1 Å². The summed E-state index contributed by atoms with van der Waals surface area (Å²) in [5.41, 5.74) is 0.893. The van der Waals surface area contributed by atoms with E-state index in [9.17, 15) is 9.90 Å². The number of ketones is 1. The maximum Gasteiger partial charge on any atom is 0.204 e. The van der Waals surface area contributed by atoms with Gasteiger partial charge in [0.15, 0.2) is 17.3 Å². The maximum atomic E-state index is 12.9. The summed E-state index contributed by atoms with van der Waals surface area (Å²) in [5.74, 6) is 0.919. The van der Waals surface area contributed by atoms with Crippen molar-refractivity contribution in [3.8, 4) is 28.7 Å². The summed E-state index contributed by atoms with van der Waals surface area (Å²) in [6.07, 6.45) is 0.108. The number of aromatic hydroxyl groups is 1. The minimum Gasteiger partial charge on any atom is -0.504 e. The fourth-order valence-electron chi connectivity index (χ4n) is 2.75. The minimum atomic E-state index is -0.276. The van der Waals surface area contributed by atoms with Gasteiger partial charge in [0, 0.05) is 12.5 Å². The van der Waals surface area contributed by atoms with Crippen LogP contribution >= 0.6 is 0 Å². The predicted octanol–water partition coefficient (Wildman–Crippen LogP) is 4.02. The van der Waals surface area contributed by atoms with Gasteiger partial charge in [0.05, 0.1) is 26.9 Å². The molecule has 2 aromatic rings. The van der Waals surface area contributed by atoms with Gasteiger partial charge in [0.2, 0.25) is 5.75 Å². The Labute approximate surface area is 159 Å². The van der Waals surface area contributed by atoms with E-state index in [1.165, 1.54) is 7.11 Å². The third-order valence-electron chi connectivity index (χ3n) is 3.87. The van der Waals surface area contributed by atoms with E-state index in [-0.39, 0.29) is 35.0 Å². The fourth-order valence-corrected chi connectivity index (χ4v) is 2.75. The first-order valence-corrected chi connectivity index (χ1v) is 9.00. The molecule has 0 bridgehead atoms. The third-order valence-corrected chi connectivity index (χ3v) is 3.87. The van der Waals surface area contributed by atoms with Crippen molar-refractivity contribution in [2.45, 2.75) is 27.2 Å². The number of ether oxygens (including phenoxy) is 4. The molecule has 27 heavy (non-hydrogen) atoms. The number of methoxy groups -OCH3 is 1. The van der Waals surface area contributed by atoms with Crippen molar-refractivity contribution in [3.05, 3.63) is 41.5 Å². The first kappa shape index (κ1) is 20.4. The molecular formula is C21H26O6. The first-order chi connectivity index (χ1) is 13.0. The Balaban J connectivity index is 2.37. The van der Waals surface area contributed by atoms with E-state index in [0.29, 0.717) is 25.6 Å². The Morgan fingerprint density at radius 2 is 1.52 bits per heavy atom. The van der Waals surface area contributed by atoms with Gasteiger partial charge < -0.3 is 24.1 Å². The normalized spacial score (nSPS) is 10.4. The molecule has 0 aromatic heterocycles. The van der Waals surface area contributed by atoms with Crippen LogP contribution in [0.2, 0.25) is 0 Å². The topological polar surface area (TPSA) is 74.2 Å². The van der Waals surface area contributed by atoms with Gasteiger partial charge in [-0.05, 0) is 38.5 Å². The number of benzene rings is 2. The smallest absolute Gasteiger partial charge is 0.204 e. The molecule has 0 saturated carbocycles. The molecule has 0 unspecified atom stereocenters. The summed E-state index contributed by atoms with van der Waals surface area (Å²) < 4.78 is 21.7. The number of carbonyl (C=O) groups excluding carboxylic acids is 1. The van der Waals surface area contributed by atoms with E-state index in [2.05, 4.69) is 0 Å². The highest BCUT2D eigenvalue weighted by atomic mass is 16.5. The van der Waals surface area contributed by atoms with E-state index in [1.54, 1.807) is 6.07 Å². The summed E-state index contributed by atoms with van der Waals surface area (Å²) in [4.78, 5) is 12.9. The van der Waals surface area contributed by atoms with Crippen LogP contribution in [0.1, 0.15) is 36.7 Å². The molecule has 0 spiro atoms. The van der Waals surface area contributed by atoms with Gasteiger partial charge in [0.25, 0.3) is 0 Å². The van der Waals surface area contributed by atoms with Crippen LogP contribution in [-0.4, -0.2) is 37.8 Å². The number of hydrogen-bond acceptors (Lipinski definition) is 6. The molecule has 6 nitrogen and oxygen atoms in total. The first-order valence-electron chi connectivity index (χ1n) is 9.00. The standard InChI is InChI=1S/C21H26O6/c1-5-25-15-10-8-14(9-11-15)12-16(22)19-17(26-6-2)13-18(27-7-3)21(24-4)20(19)23/h8-11,13,23H,5-7,12H2,1-4H3. The van der Waals surface area contributed by atoms with Gasteiger partial charge in [-0.25, -0.2) is 0 Å². The summed E-state index contributed by atoms with van der Waals surface area (Å²) >= 11 is 0. The molecule has 0 atom stereocenters. The largest absolute Gasteiger partial charge is 0.504 e. The molecule has 0 aliphatic carbocycles. The van der Waals surface area contributed by atoms with Crippen LogP contribution < -0.4 is 18.9 Å². The Hall–Kier alpha value is -2.89. The van der Waals surface area contributed by atoms with E-state index in [0.717, 1.165) is 11.3 Å². The van der Waals surface area contributed by atoms with E-state index in [4.69, 9.17) is 18.9 Å². The van der Waals surface area contributed by atoms with Gasteiger partial charge >= 0.3 is 0 Å². The second kappa shape index (κ2) is 9.71. The lowest BCUT2D eigenvalue weighted by atomic mass is 10.00. The van der Waals surface area contributed by atoms with Gasteiger partial charge in [-0.2, -0.15) is 0 Å². The Bertz CT molecular complexity index is 767. The molecule has 0 fully saturated rings. The second-order valence-electron chi connectivity index (χ2n) is 5.67. The SMILES string of the molecule is CCOc1ccc(CC(=O)c2c(OCC)cc(OCC)c(OC)c2O)cc1. The van der Waals surface area contributed by atoms with Crippen LogP contribution in [0.3, 0.4) is 0 Å². The average Bonchev–Trinajstić information content (AvgIpc) is 2.64. The zero-order valence-corrected chi connectivity index (χ0v) is 16.2. The lowest BCUT2D eigenvalue weighted by molar-refractivity contribution is 0.0985. The van der Waals surface area contributed by atoms with Crippen molar-refractivity contribution in [3.63, 3.8) is 0 Å². The molecule has 0 aliphatic heterocycles. The summed E-state index contributed by atoms with van der Waals surface area (Å²) in [5, 5.41) is 10.6. The lowest BCUT2D eigenvalue weighted by Crippen LogP contribution is -2.09. The molecule has 0 heterocycles. The lowest BCUT2D eigenvalue weighted by Gasteiger charge is -2.17. The maximum absolute atomic E-state index is 12.9. The van der Waals surface area contributed by atoms with Crippen LogP contribution in [0.25, 0.3) is 0 Å². The molecule has 146 valence electrons. The van der Waals surface area contributed by atoms with Gasteiger partial charge in [0.1, 0.15) is 17.1 Å². The van der Waals surface area contributed by atoms with Crippen LogP contribution in [0, 0.1) is 0 Å². The molecule has 2 rings (SSSR count). The van der Waals surface area contributed by atoms with Gasteiger partial charge in [-0.3, -0.25) is 4.79 Å². The minimum absolute atomic E-state index is 0.0889. The van der Waals surface area contributed by atoms with Crippen molar-refractivity contribution in [1.82, 2.24) is 0 Å². The Morgan fingerprint density at radius 1 is 0.926 bits per heavy atom. The second-order valence-corrected chi connectivity index (χ2v) is 5.67. The van der Waals surface area contributed by atoms with Crippen molar-refractivity contribution in [2.75, 3.05) is 26.9 Å². The van der Waals surface area contributed by atoms with Crippen molar-refractivity contribution >= 4 is 5.78 Å². The Morgan fingerprint density at radius 3 is 2.07 bits per heavy atom. The van der Waals surface area contributed by atoms with E-state index in [1.807, 2.05) is 45.0 Å². The molecular weight excluding hydrogens is 348 g/mol. The highest BCUT2D eigenvalue weighted by Crippen LogP contribution is 2.45.